The van der Waals surface area contributed by atoms with Crippen molar-refractivity contribution in [2.24, 2.45) is 0 Å². The Morgan fingerprint density at radius 3 is 3.17 bits per heavy atom. The summed E-state index contributed by atoms with van der Waals surface area (Å²) in [7, 11) is 1.62. The maximum Gasteiger partial charge on any atom is 0.181 e. The minimum absolute atomic E-state index is 0.516. The first kappa shape index (κ1) is 7.76. The van der Waals surface area contributed by atoms with Gasteiger partial charge in [0.2, 0.25) is 0 Å². The van der Waals surface area contributed by atoms with Crippen LogP contribution in [0.25, 0.3) is 0 Å². The molecule has 0 saturated heterocycles. The van der Waals surface area contributed by atoms with E-state index in [1.54, 1.807) is 7.11 Å². The fraction of sp³-hybridized carbons (Fsp3) is 0.250. The summed E-state index contributed by atoms with van der Waals surface area (Å²) in [6.07, 6.45) is 0. The van der Waals surface area contributed by atoms with E-state index in [1.165, 1.54) is 0 Å². The second kappa shape index (κ2) is 2.88. The maximum absolute atomic E-state index is 11.3. The summed E-state index contributed by atoms with van der Waals surface area (Å²) in [5.41, 5.74) is 0.924. The Balaban J connectivity index is 2.41. The molecular formula is C8H9NO2S. The highest BCUT2D eigenvalue weighted by Crippen LogP contribution is 2.31. The molecule has 0 spiro atoms. The molecular weight excluding hydrogens is 174 g/mol. The summed E-state index contributed by atoms with van der Waals surface area (Å²) in [6.45, 7) is 0. The fourth-order valence-electron chi connectivity index (χ4n) is 1.19. The summed E-state index contributed by atoms with van der Waals surface area (Å²) in [6, 6.07) is 5.52. The fourth-order valence-corrected chi connectivity index (χ4v) is 2.23. The SMILES string of the molecule is COc1ccc2c(c1)NC[S+]2[O-]. The van der Waals surface area contributed by atoms with Crippen molar-refractivity contribution < 1.29 is 9.29 Å². The zero-order chi connectivity index (χ0) is 8.55. The highest BCUT2D eigenvalue weighted by atomic mass is 32.2. The number of benzene rings is 1. The summed E-state index contributed by atoms with van der Waals surface area (Å²) in [5, 5.41) is 3.04. The largest absolute Gasteiger partial charge is 0.610 e. The first-order valence-electron chi connectivity index (χ1n) is 3.61. The van der Waals surface area contributed by atoms with Gasteiger partial charge in [0.25, 0.3) is 0 Å². The van der Waals surface area contributed by atoms with Crippen LogP contribution >= 0.6 is 0 Å². The number of methoxy groups -OCH3 is 1. The molecule has 0 saturated carbocycles. The molecule has 1 aliphatic heterocycles. The maximum atomic E-state index is 11.3. The topological polar surface area (TPSA) is 44.3 Å². The summed E-state index contributed by atoms with van der Waals surface area (Å²) in [5.74, 6) is 1.31. The summed E-state index contributed by atoms with van der Waals surface area (Å²) >= 11 is -0.875. The van der Waals surface area contributed by atoms with Crippen molar-refractivity contribution in [2.45, 2.75) is 4.90 Å². The Morgan fingerprint density at radius 1 is 1.58 bits per heavy atom. The molecule has 3 nitrogen and oxygen atoms in total. The summed E-state index contributed by atoms with van der Waals surface area (Å²) in [4.78, 5) is 0.871. The third-order valence-corrected chi connectivity index (χ3v) is 3.08. The van der Waals surface area contributed by atoms with Gasteiger partial charge < -0.3 is 14.6 Å². The summed E-state index contributed by atoms with van der Waals surface area (Å²) < 4.78 is 16.3. The zero-order valence-electron chi connectivity index (χ0n) is 6.66. The third kappa shape index (κ3) is 1.13. The Bertz CT molecular complexity index is 303. The number of nitrogens with one attached hydrogen (secondary N) is 1. The van der Waals surface area contributed by atoms with E-state index in [9.17, 15) is 4.55 Å². The second-order valence-corrected chi connectivity index (χ2v) is 3.95. The third-order valence-electron chi connectivity index (χ3n) is 1.83. The predicted molar refractivity (Wildman–Crippen MR) is 47.9 cm³/mol. The van der Waals surface area contributed by atoms with Gasteiger partial charge in [-0.05, 0) is 12.1 Å². The molecule has 1 heterocycles. The lowest BCUT2D eigenvalue weighted by Gasteiger charge is -2.02. The van der Waals surface area contributed by atoms with Crippen LogP contribution in [0.15, 0.2) is 23.1 Å². The van der Waals surface area contributed by atoms with Gasteiger partial charge in [-0.3, -0.25) is 0 Å². The van der Waals surface area contributed by atoms with Gasteiger partial charge in [0, 0.05) is 17.2 Å². The number of rotatable bonds is 1. The minimum atomic E-state index is -0.875. The number of hydrogen-bond acceptors (Lipinski definition) is 3. The van der Waals surface area contributed by atoms with E-state index in [1.807, 2.05) is 18.2 Å². The molecule has 64 valence electrons. The van der Waals surface area contributed by atoms with E-state index in [-0.39, 0.29) is 0 Å². The molecule has 12 heavy (non-hydrogen) atoms. The zero-order valence-corrected chi connectivity index (χ0v) is 7.48. The van der Waals surface area contributed by atoms with Gasteiger partial charge in [-0.2, -0.15) is 0 Å². The van der Waals surface area contributed by atoms with Crippen LogP contribution < -0.4 is 10.1 Å². The van der Waals surface area contributed by atoms with Crippen molar-refractivity contribution in [3.05, 3.63) is 18.2 Å². The minimum Gasteiger partial charge on any atom is -0.610 e. The Labute approximate surface area is 73.9 Å². The van der Waals surface area contributed by atoms with Crippen molar-refractivity contribution >= 4 is 16.9 Å². The molecule has 0 bridgehead atoms. The molecule has 1 atom stereocenters. The standard InChI is InChI=1S/C8H9NO2S/c1-11-6-2-3-8-7(4-6)9-5-12(8)10/h2-4,9H,5H2,1H3. The van der Waals surface area contributed by atoms with E-state index < -0.39 is 11.2 Å². The van der Waals surface area contributed by atoms with Crippen LogP contribution in [0.4, 0.5) is 5.69 Å². The highest BCUT2D eigenvalue weighted by molar-refractivity contribution is 7.92. The Morgan fingerprint density at radius 2 is 2.42 bits per heavy atom. The molecule has 1 unspecified atom stereocenters. The van der Waals surface area contributed by atoms with Crippen LogP contribution in [0.1, 0.15) is 0 Å². The van der Waals surface area contributed by atoms with E-state index in [2.05, 4.69) is 5.32 Å². The van der Waals surface area contributed by atoms with Crippen molar-refractivity contribution in [3.8, 4) is 5.75 Å². The van der Waals surface area contributed by atoms with Gasteiger partial charge in [0.05, 0.1) is 12.8 Å². The van der Waals surface area contributed by atoms with Gasteiger partial charge in [0.1, 0.15) is 5.75 Å². The Hall–Kier alpha value is -0.870. The van der Waals surface area contributed by atoms with E-state index in [0.717, 1.165) is 16.3 Å². The van der Waals surface area contributed by atoms with Gasteiger partial charge in [-0.15, -0.1) is 0 Å². The lowest BCUT2D eigenvalue weighted by Crippen LogP contribution is -2.02. The highest BCUT2D eigenvalue weighted by Gasteiger charge is 2.23. The second-order valence-electron chi connectivity index (χ2n) is 2.53. The number of ether oxygens (including phenoxy) is 1. The van der Waals surface area contributed by atoms with Crippen molar-refractivity contribution in [1.82, 2.24) is 0 Å². The van der Waals surface area contributed by atoms with E-state index >= 15 is 0 Å². The van der Waals surface area contributed by atoms with Gasteiger partial charge in [-0.1, -0.05) is 0 Å². The molecule has 0 amide bonds. The molecule has 0 fully saturated rings. The molecule has 0 aromatic heterocycles. The lowest BCUT2D eigenvalue weighted by atomic mass is 10.3. The predicted octanol–water partition coefficient (Wildman–Crippen LogP) is 1.19. The molecule has 0 aliphatic carbocycles. The number of anilines is 1. The molecule has 1 aliphatic rings. The normalized spacial score (nSPS) is 20.0. The molecule has 4 heteroatoms. The first-order valence-corrected chi connectivity index (χ1v) is 4.93. The van der Waals surface area contributed by atoms with Gasteiger partial charge >= 0.3 is 0 Å². The van der Waals surface area contributed by atoms with Crippen LogP contribution in [0, 0.1) is 0 Å². The van der Waals surface area contributed by atoms with Crippen LogP contribution in [-0.4, -0.2) is 17.5 Å². The van der Waals surface area contributed by atoms with Gasteiger partial charge in [0.15, 0.2) is 10.8 Å². The molecule has 2 rings (SSSR count). The van der Waals surface area contributed by atoms with Crippen molar-refractivity contribution in [3.63, 3.8) is 0 Å². The first-order chi connectivity index (χ1) is 5.81. The van der Waals surface area contributed by atoms with E-state index in [4.69, 9.17) is 4.74 Å². The quantitative estimate of drug-likeness (QED) is 0.665. The average Bonchev–Trinajstić information content (AvgIpc) is 2.47. The lowest BCUT2D eigenvalue weighted by molar-refractivity contribution is 0.414. The molecule has 1 N–H and O–H groups in total. The molecule has 0 radical (unpaired) electrons. The number of hydrogen-bond donors (Lipinski definition) is 1. The average molecular weight is 183 g/mol. The van der Waals surface area contributed by atoms with Crippen LogP contribution in [0.3, 0.4) is 0 Å². The Kier molecular flexibility index (Phi) is 1.86. The number of fused-ring (bicyclic) bond motifs is 1. The van der Waals surface area contributed by atoms with Crippen LogP contribution in [0.2, 0.25) is 0 Å². The monoisotopic (exact) mass is 183 g/mol. The van der Waals surface area contributed by atoms with Gasteiger partial charge in [-0.25, -0.2) is 0 Å². The van der Waals surface area contributed by atoms with Crippen LogP contribution in [0.5, 0.6) is 5.75 Å². The smallest absolute Gasteiger partial charge is 0.181 e. The molecule has 1 aromatic rings. The van der Waals surface area contributed by atoms with Crippen molar-refractivity contribution in [1.29, 1.82) is 0 Å². The van der Waals surface area contributed by atoms with E-state index in [0.29, 0.717) is 5.88 Å². The van der Waals surface area contributed by atoms with Crippen molar-refractivity contribution in [2.75, 3.05) is 18.3 Å². The molecule has 1 aromatic carbocycles. The van der Waals surface area contributed by atoms with Crippen LogP contribution in [-0.2, 0) is 11.2 Å².